The zero-order valence-corrected chi connectivity index (χ0v) is 13.3. The Balaban J connectivity index is 1.90. The first kappa shape index (κ1) is 15.3. The first-order valence-electron chi connectivity index (χ1n) is 7.54. The molecule has 0 aliphatic rings. The number of carbonyl (C=O) groups excluding carboxylic acids is 1. The molecule has 3 aromatic carbocycles. The van der Waals surface area contributed by atoms with Crippen LogP contribution in [0.1, 0.15) is 15.9 Å². The van der Waals surface area contributed by atoms with E-state index in [9.17, 15) is 4.79 Å². The topological polar surface area (TPSA) is 29.5 Å². The van der Waals surface area contributed by atoms with Gasteiger partial charge in [0.15, 0.2) is 0 Å². The van der Waals surface area contributed by atoms with Gasteiger partial charge in [0.2, 0.25) is 0 Å². The molecule has 0 radical (unpaired) electrons. The van der Waals surface area contributed by atoms with E-state index in [1.165, 1.54) is 5.39 Å². The highest BCUT2D eigenvalue weighted by Gasteiger charge is 2.14. The van der Waals surface area contributed by atoms with Crippen LogP contribution in [0.15, 0.2) is 66.7 Å². The third kappa shape index (κ3) is 3.25. The van der Waals surface area contributed by atoms with Crippen LogP contribution in [-0.2, 0) is 11.3 Å². The van der Waals surface area contributed by atoms with Crippen molar-refractivity contribution in [3.63, 3.8) is 0 Å². The molecule has 3 rings (SSSR count). The Labute approximate surface area is 136 Å². The predicted molar refractivity (Wildman–Crippen MR) is 93.8 cm³/mol. The minimum absolute atomic E-state index is 0.0294. The zero-order valence-electron chi connectivity index (χ0n) is 13.3. The molecule has 0 saturated carbocycles. The van der Waals surface area contributed by atoms with Gasteiger partial charge in [0.05, 0.1) is 6.61 Å². The average molecular weight is 305 g/mol. The molecule has 3 heteroatoms. The summed E-state index contributed by atoms with van der Waals surface area (Å²) in [6.07, 6.45) is 0. The molecule has 0 N–H and O–H groups in total. The highest BCUT2D eigenvalue weighted by molar-refractivity contribution is 6.06. The molecule has 0 bridgehead atoms. The van der Waals surface area contributed by atoms with Crippen molar-refractivity contribution in [2.75, 3.05) is 19.1 Å². The van der Waals surface area contributed by atoms with Gasteiger partial charge in [-0.05, 0) is 40.6 Å². The number of methoxy groups -OCH3 is 1. The van der Waals surface area contributed by atoms with Gasteiger partial charge in [-0.1, -0.05) is 42.5 Å². The first-order valence-corrected chi connectivity index (χ1v) is 7.54. The number of carbonyl (C=O) groups is 1. The van der Waals surface area contributed by atoms with Crippen molar-refractivity contribution in [2.24, 2.45) is 0 Å². The van der Waals surface area contributed by atoms with Gasteiger partial charge in [0, 0.05) is 25.4 Å². The molecule has 0 heterocycles. The number of nitrogens with zero attached hydrogens (tertiary/aromatic N) is 1. The summed E-state index contributed by atoms with van der Waals surface area (Å²) in [5.74, 6) is -0.0294. The molecule has 116 valence electrons. The van der Waals surface area contributed by atoms with Gasteiger partial charge < -0.3 is 9.64 Å². The molecule has 1 amide bonds. The van der Waals surface area contributed by atoms with Crippen molar-refractivity contribution < 1.29 is 9.53 Å². The molecule has 3 aromatic rings. The van der Waals surface area contributed by atoms with E-state index in [1.54, 1.807) is 19.1 Å². The number of hydrogen-bond donors (Lipinski definition) is 0. The zero-order chi connectivity index (χ0) is 16.2. The number of hydrogen-bond acceptors (Lipinski definition) is 2. The number of benzene rings is 3. The van der Waals surface area contributed by atoms with Crippen LogP contribution in [0.25, 0.3) is 10.8 Å². The maximum atomic E-state index is 12.7. The van der Waals surface area contributed by atoms with Crippen molar-refractivity contribution in [3.8, 4) is 0 Å². The van der Waals surface area contributed by atoms with Gasteiger partial charge >= 0.3 is 0 Å². The van der Waals surface area contributed by atoms with E-state index >= 15 is 0 Å². The summed E-state index contributed by atoms with van der Waals surface area (Å²) >= 11 is 0. The third-order valence-electron chi connectivity index (χ3n) is 3.91. The Bertz CT molecular complexity index is 842. The molecule has 0 aliphatic heterocycles. The molecule has 23 heavy (non-hydrogen) atoms. The Kier molecular flexibility index (Phi) is 4.40. The Morgan fingerprint density at radius 2 is 1.74 bits per heavy atom. The minimum atomic E-state index is -0.0294. The van der Waals surface area contributed by atoms with Gasteiger partial charge in [0.1, 0.15) is 0 Å². The minimum Gasteiger partial charge on any atom is -0.380 e. The smallest absolute Gasteiger partial charge is 0.258 e. The highest BCUT2D eigenvalue weighted by Crippen LogP contribution is 2.22. The molecule has 0 aromatic heterocycles. The van der Waals surface area contributed by atoms with E-state index in [0.29, 0.717) is 12.2 Å². The summed E-state index contributed by atoms with van der Waals surface area (Å²) in [5.41, 5.74) is 2.53. The molecule has 0 fully saturated rings. The Morgan fingerprint density at radius 1 is 0.957 bits per heavy atom. The van der Waals surface area contributed by atoms with Crippen LogP contribution >= 0.6 is 0 Å². The number of rotatable bonds is 4. The second-order valence-corrected chi connectivity index (χ2v) is 5.53. The van der Waals surface area contributed by atoms with E-state index in [4.69, 9.17) is 4.74 Å². The molecule has 0 atom stereocenters. The normalized spacial score (nSPS) is 10.7. The van der Waals surface area contributed by atoms with Crippen LogP contribution < -0.4 is 4.90 Å². The van der Waals surface area contributed by atoms with Gasteiger partial charge in [-0.25, -0.2) is 0 Å². The predicted octanol–water partition coefficient (Wildman–Crippen LogP) is 4.26. The Hall–Kier alpha value is -2.65. The van der Waals surface area contributed by atoms with Crippen LogP contribution in [0.5, 0.6) is 0 Å². The van der Waals surface area contributed by atoms with Crippen LogP contribution in [-0.4, -0.2) is 20.1 Å². The maximum Gasteiger partial charge on any atom is 0.258 e. The fourth-order valence-corrected chi connectivity index (χ4v) is 2.66. The number of anilines is 1. The van der Waals surface area contributed by atoms with Crippen LogP contribution in [0, 0.1) is 0 Å². The summed E-state index contributed by atoms with van der Waals surface area (Å²) < 4.78 is 5.13. The molecule has 0 unspecified atom stereocenters. The van der Waals surface area contributed by atoms with Gasteiger partial charge in [-0.15, -0.1) is 0 Å². The first-order chi connectivity index (χ1) is 11.2. The molecular weight excluding hydrogens is 286 g/mol. The molecule has 3 nitrogen and oxygen atoms in total. The number of amides is 1. The van der Waals surface area contributed by atoms with E-state index in [1.807, 2.05) is 54.6 Å². The summed E-state index contributed by atoms with van der Waals surface area (Å²) in [6.45, 7) is 0.501. The molecular formula is C20H19NO2. The maximum absolute atomic E-state index is 12.7. The van der Waals surface area contributed by atoms with Crippen molar-refractivity contribution in [1.29, 1.82) is 0 Å². The van der Waals surface area contributed by atoms with E-state index in [0.717, 1.165) is 16.6 Å². The second-order valence-electron chi connectivity index (χ2n) is 5.53. The lowest BCUT2D eigenvalue weighted by Gasteiger charge is -2.18. The number of ether oxygens (including phenoxy) is 1. The molecule has 0 spiro atoms. The van der Waals surface area contributed by atoms with Gasteiger partial charge in [-0.3, -0.25) is 4.79 Å². The van der Waals surface area contributed by atoms with E-state index < -0.39 is 0 Å². The van der Waals surface area contributed by atoms with E-state index in [-0.39, 0.29) is 5.91 Å². The Morgan fingerprint density at radius 3 is 2.52 bits per heavy atom. The lowest BCUT2D eigenvalue weighted by atomic mass is 10.1. The van der Waals surface area contributed by atoms with Crippen molar-refractivity contribution in [3.05, 3.63) is 77.9 Å². The second kappa shape index (κ2) is 6.63. The summed E-state index contributed by atoms with van der Waals surface area (Å²) in [7, 11) is 3.45. The van der Waals surface area contributed by atoms with Gasteiger partial charge in [-0.2, -0.15) is 0 Å². The lowest BCUT2D eigenvalue weighted by Crippen LogP contribution is -2.26. The van der Waals surface area contributed by atoms with Crippen LogP contribution in [0.4, 0.5) is 5.69 Å². The summed E-state index contributed by atoms with van der Waals surface area (Å²) in [6, 6.07) is 21.7. The van der Waals surface area contributed by atoms with Gasteiger partial charge in [0.25, 0.3) is 5.91 Å². The van der Waals surface area contributed by atoms with Crippen molar-refractivity contribution in [1.82, 2.24) is 0 Å². The average Bonchev–Trinajstić information content (AvgIpc) is 2.60. The standard InChI is InChI=1S/C20H19NO2/c1-21(19-11-10-16-7-3-4-8-17(16)13-19)20(22)18-9-5-6-15(12-18)14-23-2/h3-13H,14H2,1-2H3. The molecule has 0 aliphatic carbocycles. The number of fused-ring (bicyclic) bond motifs is 1. The van der Waals surface area contributed by atoms with Crippen LogP contribution in [0.2, 0.25) is 0 Å². The molecule has 0 saturated heterocycles. The van der Waals surface area contributed by atoms with Crippen molar-refractivity contribution in [2.45, 2.75) is 6.61 Å². The SMILES string of the molecule is COCc1cccc(C(=O)N(C)c2ccc3ccccc3c2)c1. The fourth-order valence-electron chi connectivity index (χ4n) is 2.66. The summed E-state index contributed by atoms with van der Waals surface area (Å²) in [4.78, 5) is 14.4. The largest absolute Gasteiger partial charge is 0.380 e. The van der Waals surface area contributed by atoms with E-state index in [2.05, 4.69) is 12.1 Å². The lowest BCUT2D eigenvalue weighted by molar-refractivity contribution is 0.0992. The van der Waals surface area contributed by atoms with Crippen LogP contribution in [0.3, 0.4) is 0 Å². The quantitative estimate of drug-likeness (QED) is 0.720. The highest BCUT2D eigenvalue weighted by atomic mass is 16.5. The third-order valence-corrected chi connectivity index (χ3v) is 3.91. The fraction of sp³-hybridized carbons (Fsp3) is 0.150. The van der Waals surface area contributed by atoms with Crippen molar-refractivity contribution >= 4 is 22.4 Å². The summed E-state index contributed by atoms with van der Waals surface area (Å²) in [5, 5.41) is 2.29. The monoisotopic (exact) mass is 305 g/mol.